The number of carboxylic acids is 1. The third-order valence-corrected chi connectivity index (χ3v) is 3.50. The molecule has 0 amide bonds. The van der Waals surface area contributed by atoms with Crippen LogP contribution in [0.25, 0.3) is 11.3 Å². The molecule has 0 aliphatic heterocycles. The monoisotopic (exact) mass is 353 g/mol. The van der Waals surface area contributed by atoms with Gasteiger partial charge in [0.1, 0.15) is 0 Å². The molecule has 130 valence electrons. The molecule has 10 heteroatoms. The van der Waals surface area contributed by atoms with Crippen molar-refractivity contribution in [2.24, 2.45) is 10.2 Å². The molecule has 10 nitrogen and oxygen atoms in total. The third-order valence-electron chi connectivity index (χ3n) is 3.50. The second-order valence-electron chi connectivity index (χ2n) is 5.16. The first-order valence-electron chi connectivity index (χ1n) is 7.26. The molecule has 0 bridgehead atoms. The van der Waals surface area contributed by atoms with Gasteiger partial charge >= 0.3 is 5.97 Å². The Hall–Kier alpha value is -4.08. The van der Waals surface area contributed by atoms with E-state index in [4.69, 9.17) is 5.11 Å². The van der Waals surface area contributed by atoms with Gasteiger partial charge in [0.15, 0.2) is 5.69 Å². The first-order chi connectivity index (χ1) is 12.5. The Balaban J connectivity index is 1.91. The molecule has 0 aliphatic carbocycles. The van der Waals surface area contributed by atoms with E-state index in [-0.39, 0.29) is 16.9 Å². The molecule has 3 aromatic rings. The van der Waals surface area contributed by atoms with Crippen LogP contribution in [0.1, 0.15) is 10.4 Å². The van der Waals surface area contributed by atoms with Crippen molar-refractivity contribution in [3.63, 3.8) is 0 Å². The molecule has 3 N–H and O–H groups in total. The predicted octanol–water partition coefficient (Wildman–Crippen LogP) is 3.39. The van der Waals surface area contributed by atoms with Crippen molar-refractivity contribution in [2.45, 2.75) is 0 Å². The van der Waals surface area contributed by atoms with Crippen LogP contribution in [0.5, 0.6) is 0 Å². The maximum absolute atomic E-state index is 11.9. The summed E-state index contributed by atoms with van der Waals surface area (Å²) in [6.45, 7) is 0. The van der Waals surface area contributed by atoms with Gasteiger partial charge in [-0.3, -0.25) is 25.1 Å². The van der Waals surface area contributed by atoms with Gasteiger partial charge in [-0.2, -0.15) is 5.11 Å². The molecular formula is C16H11N5O5. The number of azo groups is 1. The number of nitrogens with zero attached hydrogens (tertiary/aromatic N) is 3. The number of nitrogens with one attached hydrogen (secondary N) is 2. The number of non-ortho nitro benzene ring substituents is 1. The van der Waals surface area contributed by atoms with Gasteiger partial charge in [0.05, 0.1) is 21.9 Å². The van der Waals surface area contributed by atoms with Crippen molar-refractivity contribution in [1.82, 2.24) is 10.2 Å². The Morgan fingerprint density at radius 3 is 2.23 bits per heavy atom. The van der Waals surface area contributed by atoms with Crippen molar-refractivity contribution in [1.29, 1.82) is 0 Å². The minimum absolute atomic E-state index is 0.00108. The number of rotatable bonds is 5. The minimum atomic E-state index is -1.06. The maximum Gasteiger partial charge on any atom is 0.335 e. The van der Waals surface area contributed by atoms with Gasteiger partial charge in [-0.25, -0.2) is 4.79 Å². The largest absolute Gasteiger partial charge is 0.478 e. The molecular weight excluding hydrogens is 342 g/mol. The average molecular weight is 353 g/mol. The van der Waals surface area contributed by atoms with Gasteiger partial charge in [-0.1, -0.05) is 0 Å². The molecule has 2 aromatic carbocycles. The van der Waals surface area contributed by atoms with E-state index < -0.39 is 16.5 Å². The molecule has 0 unspecified atom stereocenters. The molecule has 0 fully saturated rings. The Bertz CT molecular complexity index is 1050. The van der Waals surface area contributed by atoms with E-state index in [2.05, 4.69) is 20.4 Å². The van der Waals surface area contributed by atoms with Gasteiger partial charge in [0.2, 0.25) is 0 Å². The number of nitro groups is 1. The number of aromatic amines is 2. The average Bonchev–Trinajstić information content (AvgIpc) is 3.01. The summed E-state index contributed by atoms with van der Waals surface area (Å²) >= 11 is 0. The lowest BCUT2D eigenvalue weighted by molar-refractivity contribution is -0.384. The summed E-state index contributed by atoms with van der Waals surface area (Å²) in [5.74, 6) is -1.06. The molecule has 1 heterocycles. The number of H-pyrrole nitrogens is 2. The summed E-state index contributed by atoms with van der Waals surface area (Å²) in [6.07, 6.45) is 0. The molecule has 0 radical (unpaired) electrons. The van der Waals surface area contributed by atoms with E-state index in [0.29, 0.717) is 16.9 Å². The summed E-state index contributed by atoms with van der Waals surface area (Å²) < 4.78 is 0. The molecule has 0 saturated heterocycles. The first kappa shape index (κ1) is 16.8. The number of carboxylic acid groups (broad SMARTS) is 1. The lowest BCUT2D eigenvalue weighted by atomic mass is 10.1. The predicted molar refractivity (Wildman–Crippen MR) is 91.1 cm³/mol. The normalized spacial score (nSPS) is 10.9. The Morgan fingerprint density at radius 2 is 1.65 bits per heavy atom. The highest BCUT2D eigenvalue weighted by Crippen LogP contribution is 2.28. The van der Waals surface area contributed by atoms with Crippen LogP contribution in [0, 0.1) is 10.1 Å². The van der Waals surface area contributed by atoms with Crippen LogP contribution in [-0.4, -0.2) is 26.2 Å². The minimum Gasteiger partial charge on any atom is -0.478 e. The van der Waals surface area contributed by atoms with Crippen LogP contribution < -0.4 is 5.56 Å². The van der Waals surface area contributed by atoms with Crippen LogP contribution in [-0.2, 0) is 0 Å². The van der Waals surface area contributed by atoms with Gasteiger partial charge in [0.25, 0.3) is 11.2 Å². The molecule has 3 rings (SSSR count). The summed E-state index contributed by atoms with van der Waals surface area (Å²) in [6, 6.07) is 11.2. The SMILES string of the molecule is O=C(O)c1ccc(N=Nc2c(-c3ccc([N+](=O)[O-])cc3)[nH][nH]c2=O)cc1. The zero-order valence-corrected chi connectivity index (χ0v) is 13.0. The molecule has 26 heavy (non-hydrogen) atoms. The number of aromatic nitrogens is 2. The van der Waals surface area contributed by atoms with Crippen molar-refractivity contribution in [3.8, 4) is 11.3 Å². The van der Waals surface area contributed by atoms with Crippen molar-refractivity contribution < 1.29 is 14.8 Å². The lowest BCUT2D eigenvalue weighted by Gasteiger charge is -1.99. The van der Waals surface area contributed by atoms with Crippen LogP contribution in [0.15, 0.2) is 63.6 Å². The van der Waals surface area contributed by atoms with E-state index >= 15 is 0 Å². The second kappa shape index (κ2) is 6.81. The zero-order chi connectivity index (χ0) is 18.7. The zero-order valence-electron chi connectivity index (χ0n) is 13.0. The third kappa shape index (κ3) is 3.38. The number of carbonyl (C=O) groups is 1. The quantitative estimate of drug-likeness (QED) is 0.364. The number of hydrogen-bond acceptors (Lipinski definition) is 6. The fourth-order valence-electron chi connectivity index (χ4n) is 2.18. The summed E-state index contributed by atoms with van der Waals surface area (Å²) in [5, 5.41) is 32.5. The second-order valence-corrected chi connectivity index (χ2v) is 5.16. The molecule has 1 aromatic heterocycles. The summed E-state index contributed by atoms with van der Waals surface area (Å²) in [7, 11) is 0. The Morgan fingerprint density at radius 1 is 1.00 bits per heavy atom. The number of nitro benzene ring substituents is 1. The van der Waals surface area contributed by atoms with E-state index in [1.54, 1.807) is 0 Å². The van der Waals surface area contributed by atoms with E-state index in [9.17, 15) is 19.7 Å². The van der Waals surface area contributed by atoms with Gasteiger partial charge in [-0.15, -0.1) is 5.11 Å². The van der Waals surface area contributed by atoms with Crippen LogP contribution >= 0.6 is 0 Å². The van der Waals surface area contributed by atoms with Gasteiger partial charge in [-0.05, 0) is 36.4 Å². The fraction of sp³-hybridized carbons (Fsp3) is 0. The maximum atomic E-state index is 11.9. The number of aromatic carboxylic acids is 1. The highest BCUT2D eigenvalue weighted by molar-refractivity contribution is 5.87. The highest BCUT2D eigenvalue weighted by atomic mass is 16.6. The summed E-state index contributed by atoms with van der Waals surface area (Å²) in [5.41, 5.74) is 0.735. The molecule has 0 spiro atoms. The van der Waals surface area contributed by atoms with Crippen LogP contribution in [0.2, 0.25) is 0 Å². The molecule has 0 atom stereocenters. The first-order valence-corrected chi connectivity index (χ1v) is 7.26. The van der Waals surface area contributed by atoms with Gasteiger partial charge < -0.3 is 5.11 Å². The molecule has 0 saturated carbocycles. The number of hydrogen-bond donors (Lipinski definition) is 3. The van der Waals surface area contributed by atoms with Gasteiger partial charge in [0, 0.05) is 17.7 Å². The fourth-order valence-corrected chi connectivity index (χ4v) is 2.18. The van der Waals surface area contributed by atoms with Crippen LogP contribution in [0.3, 0.4) is 0 Å². The molecule has 0 aliphatic rings. The van der Waals surface area contributed by atoms with Crippen molar-refractivity contribution in [2.75, 3.05) is 0 Å². The standard InChI is InChI=1S/C16H11N5O5/c22-15-14(19-17-11-5-1-10(2-6-11)16(23)24)13(18-20-15)9-3-7-12(8-4-9)21(25)26/h1-8H,(H,23,24)(H2,18,20,22). The Labute approximate surface area is 145 Å². The van der Waals surface area contributed by atoms with Crippen molar-refractivity contribution in [3.05, 3.63) is 74.6 Å². The van der Waals surface area contributed by atoms with E-state index in [0.717, 1.165) is 0 Å². The number of benzene rings is 2. The highest BCUT2D eigenvalue weighted by Gasteiger charge is 2.13. The van der Waals surface area contributed by atoms with E-state index in [1.807, 2.05) is 0 Å². The van der Waals surface area contributed by atoms with Crippen molar-refractivity contribution >= 4 is 23.0 Å². The van der Waals surface area contributed by atoms with Crippen LogP contribution in [0.4, 0.5) is 17.1 Å². The topological polar surface area (TPSA) is 154 Å². The van der Waals surface area contributed by atoms with E-state index in [1.165, 1.54) is 48.5 Å². The Kier molecular flexibility index (Phi) is 4.39. The smallest absolute Gasteiger partial charge is 0.335 e. The lowest BCUT2D eigenvalue weighted by Crippen LogP contribution is -1.96. The summed E-state index contributed by atoms with van der Waals surface area (Å²) in [4.78, 5) is 32.9.